The molecule has 2 heterocycles. The molecule has 9 heteroatoms. The van der Waals surface area contributed by atoms with Gasteiger partial charge >= 0.3 is 0 Å². The van der Waals surface area contributed by atoms with Crippen LogP contribution in [0.25, 0.3) is 22.3 Å². The second kappa shape index (κ2) is 7.60. The molecule has 0 saturated heterocycles. The molecule has 0 atom stereocenters. The van der Waals surface area contributed by atoms with Gasteiger partial charge in [-0.25, -0.2) is 18.5 Å². The number of aromatic nitrogens is 3. The standard InChI is InChI=1S/C22H21N5O3S/c1-13-9-10-16(11-19(13)31(23,29)30)24-22(28)17-12-18(15-7-5-4-6-8-15)25-21-20(17)14(2)26-27(21)3/h4-12H,1-3H3,(H,24,28)(H2,23,29,30). The van der Waals surface area contributed by atoms with Crippen molar-refractivity contribution in [3.63, 3.8) is 0 Å². The monoisotopic (exact) mass is 435 g/mol. The highest BCUT2D eigenvalue weighted by Crippen LogP contribution is 2.28. The molecule has 0 saturated carbocycles. The summed E-state index contributed by atoms with van der Waals surface area (Å²) in [5.41, 5.74) is 3.97. The Morgan fingerprint density at radius 1 is 1.06 bits per heavy atom. The van der Waals surface area contributed by atoms with Crippen LogP contribution in [0.2, 0.25) is 0 Å². The van der Waals surface area contributed by atoms with Crippen molar-refractivity contribution in [2.45, 2.75) is 18.7 Å². The number of sulfonamides is 1. The number of nitrogens with one attached hydrogen (secondary N) is 1. The van der Waals surface area contributed by atoms with Crippen LogP contribution >= 0.6 is 0 Å². The van der Waals surface area contributed by atoms with Crippen LogP contribution in [-0.2, 0) is 17.1 Å². The van der Waals surface area contributed by atoms with E-state index in [4.69, 9.17) is 10.1 Å². The predicted molar refractivity (Wildman–Crippen MR) is 119 cm³/mol. The molecule has 1 amide bonds. The first kappa shape index (κ1) is 20.7. The topological polar surface area (TPSA) is 120 Å². The molecule has 4 rings (SSSR count). The van der Waals surface area contributed by atoms with Gasteiger partial charge in [0.25, 0.3) is 5.91 Å². The smallest absolute Gasteiger partial charge is 0.256 e. The van der Waals surface area contributed by atoms with Gasteiger partial charge in [0.15, 0.2) is 5.65 Å². The van der Waals surface area contributed by atoms with E-state index in [1.165, 1.54) is 6.07 Å². The molecule has 0 aliphatic heterocycles. The van der Waals surface area contributed by atoms with Gasteiger partial charge in [-0.05, 0) is 37.6 Å². The van der Waals surface area contributed by atoms with E-state index in [0.29, 0.717) is 39.2 Å². The Morgan fingerprint density at radius 2 is 1.77 bits per heavy atom. The SMILES string of the molecule is Cc1ccc(NC(=O)c2cc(-c3ccccc3)nc3c2c(C)nn3C)cc1S(N)(=O)=O. The third-order valence-electron chi connectivity index (χ3n) is 5.04. The van der Waals surface area contributed by atoms with E-state index >= 15 is 0 Å². The lowest BCUT2D eigenvalue weighted by atomic mass is 10.0. The van der Waals surface area contributed by atoms with Crippen LogP contribution in [0, 0.1) is 13.8 Å². The number of carbonyl (C=O) groups is 1. The van der Waals surface area contributed by atoms with Crippen LogP contribution in [0.15, 0.2) is 59.5 Å². The highest BCUT2D eigenvalue weighted by Gasteiger charge is 2.20. The van der Waals surface area contributed by atoms with Gasteiger partial charge in [-0.1, -0.05) is 36.4 Å². The minimum Gasteiger partial charge on any atom is -0.322 e. The predicted octanol–water partition coefficient (Wildman–Crippen LogP) is 3.15. The van der Waals surface area contributed by atoms with E-state index in [-0.39, 0.29) is 4.90 Å². The quantitative estimate of drug-likeness (QED) is 0.510. The van der Waals surface area contributed by atoms with Crippen LogP contribution in [0.4, 0.5) is 5.69 Å². The van der Waals surface area contributed by atoms with Gasteiger partial charge < -0.3 is 5.32 Å². The van der Waals surface area contributed by atoms with Gasteiger partial charge in [0.2, 0.25) is 10.0 Å². The summed E-state index contributed by atoms with van der Waals surface area (Å²) in [6.45, 7) is 3.46. The summed E-state index contributed by atoms with van der Waals surface area (Å²) in [5.74, 6) is -0.398. The van der Waals surface area contributed by atoms with Gasteiger partial charge in [0.05, 0.1) is 27.2 Å². The van der Waals surface area contributed by atoms with Crippen molar-refractivity contribution in [3.8, 4) is 11.3 Å². The van der Waals surface area contributed by atoms with Gasteiger partial charge in [-0.2, -0.15) is 5.10 Å². The van der Waals surface area contributed by atoms with Crippen molar-refractivity contribution >= 4 is 32.7 Å². The first-order chi connectivity index (χ1) is 14.6. The molecular weight excluding hydrogens is 414 g/mol. The molecule has 158 valence electrons. The average Bonchev–Trinajstić information content (AvgIpc) is 3.02. The molecule has 8 nitrogen and oxygen atoms in total. The fourth-order valence-electron chi connectivity index (χ4n) is 3.56. The summed E-state index contributed by atoms with van der Waals surface area (Å²) in [5, 5.41) is 13.1. The molecule has 0 spiro atoms. The van der Waals surface area contributed by atoms with E-state index in [1.807, 2.05) is 37.3 Å². The van der Waals surface area contributed by atoms with E-state index in [2.05, 4.69) is 10.4 Å². The van der Waals surface area contributed by atoms with E-state index < -0.39 is 15.9 Å². The number of nitrogens with zero attached hydrogens (tertiary/aromatic N) is 3. The molecular formula is C22H21N5O3S. The number of rotatable bonds is 4. The third kappa shape index (κ3) is 3.92. The number of carbonyl (C=O) groups excluding carboxylic acids is 1. The molecule has 0 bridgehead atoms. The van der Waals surface area contributed by atoms with Crippen LogP contribution in [0.3, 0.4) is 0 Å². The normalized spacial score (nSPS) is 11.6. The Bertz CT molecular complexity index is 1430. The summed E-state index contributed by atoms with van der Waals surface area (Å²) >= 11 is 0. The van der Waals surface area contributed by atoms with Crippen molar-refractivity contribution in [1.82, 2.24) is 14.8 Å². The zero-order valence-electron chi connectivity index (χ0n) is 17.2. The summed E-state index contributed by atoms with van der Waals surface area (Å²) in [6.07, 6.45) is 0. The molecule has 0 fully saturated rings. The van der Waals surface area contributed by atoms with E-state index in [1.54, 1.807) is 36.9 Å². The summed E-state index contributed by atoms with van der Waals surface area (Å²) in [6, 6.07) is 15.8. The largest absolute Gasteiger partial charge is 0.322 e. The zero-order chi connectivity index (χ0) is 22.3. The summed E-state index contributed by atoms with van der Waals surface area (Å²) in [7, 11) is -2.14. The second-order valence-electron chi connectivity index (χ2n) is 7.31. The van der Waals surface area contributed by atoms with Crippen LogP contribution < -0.4 is 10.5 Å². The lowest BCUT2D eigenvalue weighted by molar-refractivity contribution is 0.102. The fourth-order valence-corrected chi connectivity index (χ4v) is 4.37. The molecule has 0 radical (unpaired) electrons. The zero-order valence-corrected chi connectivity index (χ0v) is 18.1. The number of pyridine rings is 1. The van der Waals surface area contributed by atoms with Crippen molar-refractivity contribution in [3.05, 3.63) is 71.4 Å². The van der Waals surface area contributed by atoms with Gasteiger partial charge in [0.1, 0.15) is 0 Å². The number of primary sulfonamides is 1. The number of hydrogen-bond acceptors (Lipinski definition) is 5. The lowest BCUT2D eigenvalue weighted by Crippen LogP contribution is -2.16. The highest BCUT2D eigenvalue weighted by atomic mass is 32.2. The molecule has 2 aromatic carbocycles. The first-order valence-corrected chi connectivity index (χ1v) is 11.0. The lowest BCUT2D eigenvalue weighted by Gasteiger charge is -2.11. The van der Waals surface area contributed by atoms with Crippen LogP contribution in [0.5, 0.6) is 0 Å². The Morgan fingerprint density at radius 3 is 2.45 bits per heavy atom. The maximum atomic E-state index is 13.3. The third-order valence-corrected chi connectivity index (χ3v) is 6.09. The minimum atomic E-state index is -3.91. The number of anilines is 1. The number of amides is 1. The number of hydrogen-bond donors (Lipinski definition) is 2. The molecule has 0 aliphatic carbocycles. The highest BCUT2D eigenvalue weighted by molar-refractivity contribution is 7.89. The van der Waals surface area contributed by atoms with E-state index in [0.717, 1.165) is 5.56 Å². The summed E-state index contributed by atoms with van der Waals surface area (Å²) < 4.78 is 25.3. The molecule has 4 aromatic rings. The second-order valence-corrected chi connectivity index (χ2v) is 8.84. The van der Waals surface area contributed by atoms with Crippen molar-refractivity contribution < 1.29 is 13.2 Å². The number of nitrogens with two attached hydrogens (primary N) is 1. The Labute approximate surface area is 179 Å². The summed E-state index contributed by atoms with van der Waals surface area (Å²) in [4.78, 5) is 17.9. The number of aryl methyl sites for hydroxylation is 3. The van der Waals surface area contributed by atoms with Gasteiger partial charge in [0, 0.05) is 18.3 Å². The molecule has 31 heavy (non-hydrogen) atoms. The molecule has 0 unspecified atom stereocenters. The van der Waals surface area contributed by atoms with Crippen LogP contribution in [-0.4, -0.2) is 29.1 Å². The Hall–Kier alpha value is -3.56. The molecule has 0 aliphatic rings. The number of fused-ring (bicyclic) bond motifs is 1. The maximum Gasteiger partial charge on any atom is 0.256 e. The van der Waals surface area contributed by atoms with E-state index in [9.17, 15) is 13.2 Å². The Balaban J connectivity index is 1.83. The van der Waals surface area contributed by atoms with Crippen molar-refractivity contribution in [2.24, 2.45) is 12.2 Å². The number of benzene rings is 2. The average molecular weight is 436 g/mol. The molecule has 2 aromatic heterocycles. The minimum absolute atomic E-state index is 0.0345. The van der Waals surface area contributed by atoms with Crippen molar-refractivity contribution in [1.29, 1.82) is 0 Å². The van der Waals surface area contributed by atoms with Gasteiger partial charge in [-0.15, -0.1) is 0 Å². The first-order valence-electron chi connectivity index (χ1n) is 9.49. The Kier molecular flexibility index (Phi) is 5.08. The molecule has 3 N–H and O–H groups in total. The van der Waals surface area contributed by atoms with Gasteiger partial charge in [-0.3, -0.25) is 9.48 Å². The van der Waals surface area contributed by atoms with Crippen LogP contribution in [0.1, 0.15) is 21.6 Å². The van der Waals surface area contributed by atoms with Crippen molar-refractivity contribution in [2.75, 3.05) is 5.32 Å². The fraction of sp³-hybridized carbons (Fsp3) is 0.136. The maximum absolute atomic E-state index is 13.3.